The fraction of sp³-hybridized carbons (Fsp3) is 1.00. The molecule has 0 aliphatic carbocycles. The Morgan fingerprint density at radius 2 is 2.08 bits per heavy atom. The Morgan fingerprint density at radius 3 is 2.69 bits per heavy atom. The lowest BCUT2D eigenvalue weighted by atomic mass is 10.0. The molecule has 1 heterocycles. The highest BCUT2D eigenvalue weighted by Gasteiger charge is 2.26. The van der Waals surface area contributed by atoms with Crippen LogP contribution in [0.4, 0.5) is 0 Å². The molecule has 1 nitrogen and oxygen atoms in total. The van der Waals surface area contributed by atoms with E-state index in [0.717, 1.165) is 6.61 Å². The molecule has 13 heavy (non-hydrogen) atoms. The zero-order valence-electron chi connectivity index (χ0n) is 9.27. The van der Waals surface area contributed by atoms with Gasteiger partial charge in [-0.05, 0) is 25.7 Å². The van der Waals surface area contributed by atoms with E-state index in [4.69, 9.17) is 4.74 Å². The van der Waals surface area contributed by atoms with E-state index in [9.17, 15) is 0 Å². The van der Waals surface area contributed by atoms with Gasteiger partial charge in [0, 0.05) is 22.1 Å². The van der Waals surface area contributed by atoms with Crippen LogP contribution in [0.25, 0.3) is 0 Å². The lowest BCUT2D eigenvalue weighted by Gasteiger charge is -2.34. The third-order valence-electron chi connectivity index (χ3n) is 3.11. The van der Waals surface area contributed by atoms with Crippen molar-refractivity contribution in [1.82, 2.24) is 0 Å². The molecule has 0 aromatic heterocycles. The molecule has 1 fully saturated rings. The van der Waals surface area contributed by atoms with Crippen molar-refractivity contribution in [3.63, 3.8) is 0 Å². The molecule has 1 saturated heterocycles. The van der Waals surface area contributed by atoms with Gasteiger partial charge in [-0.3, -0.25) is 0 Å². The zero-order chi connectivity index (χ0) is 9.57. The Kier molecular flexibility index (Phi) is 5.03. The number of rotatable bonds is 5. The molecule has 0 radical (unpaired) electrons. The Morgan fingerprint density at radius 1 is 1.23 bits per heavy atom. The van der Waals surface area contributed by atoms with Gasteiger partial charge in [0.15, 0.2) is 0 Å². The van der Waals surface area contributed by atoms with Crippen molar-refractivity contribution < 1.29 is 4.74 Å². The highest BCUT2D eigenvalue weighted by Crippen LogP contribution is 2.27. The van der Waals surface area contributed by atoms with Crippen molar-refractivity contribution in [1.29, 1.82) is 0 Å². The molecule has 0 aromatic rings. The molecule has 0 spiro atoms. The lowest BCUT2D eigenvalue weighted by Crippen LogP contribution is -2.36. The summed E-state index contributed by atoms with van der Waals surface area (Å²) in [7, 11) is 1.23. The van der Waals surface area contributed by atoms with E-state index in [1.54, 1.807) is 0 Å². The summed E-state index contributed by atoms with van der Waals surface area (Å²) < 4.78 is 5.91. The van der Waals surface area contributed by atoms with Crippen molar-refractivity contribution in [2.24, 2.45) is 0 Å². The van der Waals surface area contributed by atoms with E-state index in [-0.39, 0.29) is 0 Å². The third-order valence-corrected chi connectivity index (χ3v) is 4.40. The van der Waals surface area contributed by atoms with Crippen LogP contribution in [-0.4, -0.2) is 22.1 Å². The largest absolute Gasteiger partial charge is 0.380 e. The molecule has 0 amide bonds. The van der Waals surface area contributed by atoms with E-state index >= 15 is 0 Å². The van der Waals surface area contributed by atoms with Gasteiger partial charge in [0.2, 0.25) is 0 Å². The molecular formula is C11H24OSi. The van der Waals surface area contributed by atoms with Gasteiger partial charge in [-0.1, -0.05) is 32.6 Å². The second-order valence-electron chi connectivity index (χ2n) is 4.57. The van der Waals surface area contributed by atoms with Crippen molar-refractivity contribution in [2.75, 3.05) is 6.61 Å². The van der Waals surface area contributed by atoms with Gasteiger partial charge >= 0.3 is 0 Å². The average molecular weight is 200 g/mol. The van der Waals surface area contributed by atoms with Gasteiger partial charge < -0.3 is 4.74 Å². The highest BCUT2D eigenvalue weighted by molar-refractivity contribution is 6.14. The zero-order valence-corrected chi connectivity index (χ0v) is 11.3. The predicted molar refractivity (Wildman–Crippen MR) is 61.2 cm³/mol. The second kappa shape index (κ2) is 5.81. The van der Waals surface area contributed by atoms with E-state index < -0.39 is 0 Å². The first-order valence-electron chi connectivity index (χ1n) is 5.91. The van der Waals surface area contributed by atoms with Crippen LogP contribution in [0.3, 0.4) is 0 Å². The monoisotopic (exact) mass is 200 g/mol. The van der Waals surface area contributed by atoms with Crippen molar-refractivity contribution in [3.05, 3.63) is 0 Å². The van der Waals surface area contributed by atoms with Crippen LogP contribution in [0, 0.1) is 0 Å². The minimum absolute atomic E-state index is 0.367. The molecule has 1 rings (SSSR count). The summed E-state index contributed by atoms with van der Waals surface area (Å²) in [5.74, 6) is 0. The number of hydrogen-bond acceptors (Lipinski definition) is 1. The molecule has 0 N–H and O–H groups in total. The van der Waals surface area contributed by atoms with Crippen LogP contribution in [0.15, 0.2) is 0 Å². The summed E-state index contributed by atoms with van der Waals surface area (Å²) in [6.07, 6.45) is 10.9. The Balaban J connectivity index is 2.10. The number of unbranched alkanes of at least 4 members (excludes halogenated alkanes) is 3. The standard InChI is InChI=1S/C11H24OSi/c1-2-3-4-5-8-11(13)9-6-7-10-12-11/h2-10H2,1,13H3. The van der Waals surface area contributed by atoms with Gasteiger partial charge in [-0.2, -0.15) is 0 Å². The van der Waals surface area contributed by atoms with Gasteiger partial charge in [0.05, 0.1) is 0 Å². The molecule has 0 aromatic carbocycles. The summed E-state index contributed by atoms with van der Waals surface area (Å²) in [5.41, 5.74) is 0. The van der Waals surface area contributed by atoms with Gasteiger partial charge in [-0.25, -0.2) is 0 Å². The van der Waals surface area contributed by atoms with Crippen molar-refractivity contribution >= 4 is 10.2 Å². The Hall–Kier alpha value is 0.177. The summed E-state index contributed by atoms with van der Waals surface area (Å²) in [6, 6.07) is 0. The summed E-state index contributed by atoms with van der Waals surface area (Å²) >= 11 is 0. The van der Waals surface area contributed by atoms with Crippen LogP contribution in [0.2, 0.25) is 0 Å². The SMILES string of the molecule is CCCCCCC1([SiH3])CCCCO1. The molecule has 1 aliphatic rings. The summed E-state index contributed by atoms with van der Waals surface area (Å²) in [4.78, 5) is 0. The first kappa shape index (κ1) is 11.3. The van der Waals surface area contributed by atoms with E-state index in [0.29, 0.717) is 5.22 Å². The van der Waals surface area contributed by atoms with E-state index in [1.165, 1.54) is 61.6 Å². The van der Waals surface area contributed by atoms with Gasteiger partial charge in [0.25, 0.3) is 0 Å². The van der Waals surface area contributed by atoms with Crippen LogP contribution < -0.4 is 0 Å². The maximum absolute atomic E-state index is 5.91. The van der Waals surface area contributed by atoms with Crippen LogP contribution in [0.5, 0.6) is 0 Å². The minimum Gasteiger partial charge on any atom is -0.380 e. The fourth-order valence-corrected chi connectivity index (χ4v) is 3.03. The summed E-state index contributed by atoms with van der Waals surface area (Å²) in [6.45, 7) is 3.30. The molecular weight excluding hydrogens is 176 g/mol. The fourth-order valence-electron chi connectivity index (χ4n) is 2.11. The molecule has 1 unspecified atom stereocenters. The molecule has 1 atom stereocenters. The van der Waals surface area contributed by atoms with Gasteiger partial charge in [0.1, 0.15) is 0 Å². The van der Waals surface area contributed by atoms with Crippen LogP contribution in [-0.2, 0) is 4.74 Å². The Labute approximate surface area is 85.7 Å². The second-order valence-corrected chi connectivity index (χ2v) is 6.39. The van der Waals surface area contributed by atoms with Crippen LogP contribution in [0.1, 0.15) is 58.3 Å². The average Bonchev–Trinajstić information content (AvgIpc) is 2.14. The lowest BCUT2D eigenvalue weighted by molar-refractivity contribution is -0.0239. The number of hydrogen-bond donors (Lipinski definition) is 0. The van der Waals surface area contributed by atoms with E-state index in [2.05, 4.69) is 6.92 Å². The van der Waals surface area contributed by atoms with Crippen molar-refractivity contribution in [2.45, 2.75) is 63.5 Å². The Bertz CT molecular complexity index is 130. The molecule has 78 valence electrons. The maximum atomic E-state index is 5.91. The molecule has 1 aliphatic heterocycles. The normalized spacial score (nSPS) is 29.3. The molecule has 2 heteroatoms. The first-order chi connectivity index (χ1) is 6.27. The van der Waals surface area contributed by atoms with Crippen LogP contribution >= 0.6 is 0 Å². The molecule has 0 bridgehead atoms. The highest BCUT2D eigenvalue weighted by atomic mass is 28.1. The summed E-state index contributed by atoms with van der Waals surface area (Å²) in [5, 5.41) is 0.367. The van der Waals surface area contributed by atoms with Gasteiger partial charge in [-0.15, -0.1) is 0 Å². The topological polar surface area (TPSA) is 9.23 Å². The number of ether oxygens (including phenoxy) is 1. The first-order valence-corrected chi connectivity index (χ1v) is 6.91. The molecule has 0 saturated carbocycles. The maximum Gasteiger partial charge on any atom is 0.0486 e. The predicted octanol–water partition coefficient (Wildman–Crippen LogP) is 2.22. The quantitative estimate of drug-likeness (QED) is 0.488. The van der Waals surface area contributed by atoms with Crippen molar-refractivity contribution in [3.8, 4) is 0 Å². The smallest absolute Gasteiger partial charge is 0.0486 e. The van der Waals surface area contributed by atoms with E-state index in [1.807, 2.05) is 0 Å². The minimum atomic E-state index is 0.367. The third kappa shape index (κ3) is 4.27.